The van der Waals surface area contributed by atoms with Gasteiger partial charge in [-0.25, -0.2) is 0 Å². The van der Waals surface area contributed by atoms with E-state index in [0.717, 1.165) is 25.3 Å². The molecular formula is C14H23NO. The van der Waals surface area contributed by atoms with E-state index in [1.54, 1.807) is 0 Å². The molecule has 0 atom stereocenters. The van der Waals surface area contributed by atoms with Crippen molar-refractivity contribution in [3.8, 4) is 5.75 Å². The molecule has 2 nitrogen and oxygen atoms in total. The molecule has 0 saturated carbocycles. The average Bonchev–Trinajstić information content (AvgIpc) is 2.21. The highest BCUT2D eigenvalue weighted by Crippen LogP contribution is 2.18. The summed E-state index contributed by atoms with van der Waals surface area (Å²) in [7, 11) is 0. The molecule has 0 saturated heterocycles. The van der Waals surface area contributed by atoms with Crippen LogP contribution in [0.1, 0.15) is 32.8 Å². The number of nitrogens with one attached hydrogen (secondary N) is 1. The average molecular weight is 221 g/mol. The molecule has 0 bridgehead atoms. The first-order valence-corrected chi connectivity index (χ1v) is 6.00. The van der Waals surface area contributed by atoms with Gasteiger partial charge in [0.25, 0.3) is 0 Å². The van der Waals surface area contributed by atoms with Crippen molar-refractivity contribution < 1.29 is 4.74 Å². The molecule has 1 aromatic carbocycles. The highest BCUT2D eigenvalue weighted by molar-refractivity contribution is 5.26. The van der Waals surface area contributed by atoms with E-state index in [1.165, 1.54) is 5.56 Å². The highest BCUT2D eigenvalue weighted by atomic mass is 16.5. The Hall–Kier alpha value is -1.02. The molecule has 2 heteroatoms. The Morgan fingerprint density at radius 1 is 1.19 bits per heavy atom. The van der Waals surface area contributed by atoms with Gasteiger partial charge in [0.2, 0.25) is 0 Å². The maximum atomic E-state index is 5.94. The van der Waals surface area contributed by atoms with Gasteiger partial charge in [-0.15, -0.1) is 0 Å². The summed E-state index contributed by atoms with van der Waals surface area (Å²) in [5, 5.41) is 3.38. The van der Waals surface area contributed by atoms with Crippen LogP contribution in [0, 0.1) is 6.92 Å². The normalized spacial score (nSPS) is 11.5. The lowest BCUT2D eigenvalue weighted by molar-refractivity contribution is 0.108. The van der Waals surface area contributed by atoms with Crippen molar-refractivity contribution in [3.05, 3.63) is 29.8 Å². The van der Waals surface area contributed by atoms with Crippen molar-refractivity contribution in [1.82, 2.24) is 5.32 Å². The van der Waals surface area contributed by atoms with Crippen molar-refractivity contribution >= 4 is 0 Å². The number of hydrogen-bond donors (Lipinski definition) is 1. The molecule has 0 aliphatic rings. The van der Waals surface area contributed by atoms with Crippen LogP contribution >= 0.6 is 0 Å². The zero-order valence-corrected chi connectivity index (χ0v) is 10.8. The van der Waals surface area contributed by atoms with E-state index in [9.17, 15) is 0 Å². The highest BCUT2D eigenvalue weighted by Gasteiger charge is 2.18. The summed E-state index contributed by atoms with van der Waals surface area (Å²) in [5.74, 6) is 0.939. The van der Waals surface area contributed by atoms with Crippen LogP contribution < -0.4 is 10.1 Å². The molecule has 16 heavy (non-hydrogen) atoms. The van der Waals surface area contributed by atoms with E-state index < -0.39 is 0 Å². The molecule has 0 aliphatic heterocycles. The van der Waals surface area contributed by atoms with Crippen LogP contribution in [0.4, 0.5) is 0 Å². The molecule has 0 aliphatic carbocycles. The first-order chi connectivity index (χ1) is 7.53. The van der Waals surface area contributed by atoms with Crippen LogP contribution in [0.15, 0.2) is 24.3 Å². The number of benzene rings is 1. The van der Waals surface area contributed by atoms with Gasteiger partial charge in [0.1, 0.15) is 11.4 Å². The Balaban J connectivity index is 2.48. The molecule has 1 N–H and O–H groups in total. The Morgan fingerprint density at radius 2 is 1.81 bits per heavy atom. The summed E-state index contributed by atoms with van der Waals surface area (Å²) in [4.78, 5) is 0. The summed E-state index contributed by atoms with van der Waals surface area (Å²) < 4.78 is 5.94. The van der Waals surface area contributed by atoms with Gasteiger partial charge in [-0.3, -0.25) is 0 Å². The zero-order chi connectivity index (χ0) is 12.0. The lowest BCUT2D eigenvalue weighted by Crippen LogP contribution is -2.40. The van der Waals surface area contributed by atoms with Gasteiger partial charge in [-0.2, -0.15) is 0 Å². The fourth-order valence-corrected chi connectivity index (χ4v) is 1.53. The van der Waals surface area contributed by atoms with Crippen molar-refractivity contribution in [2.24, 2.45) is 0 Å². The molecule has 0 radical (unpaired) electrons. The quantitative estimate of drug-likeness (QED) is 0.745. The third-order valence-electron chi connectivity index (χ3n) is 2.39. The first kappa shape index (κ1) is 13.0. The van der Waals surface area contributed by atoms with Crippen molar-refractivity contribution in [2.75, 3.05) is 13.1 Å². The Labute approximate surface area is 99.0 Å². The monoisotopic (exact) mass is 221 g/mol. The lowest BCUT2D eigenvalue weighted by atomic mass is 10.1. The van der Waals surface area contributed by atoms with Gasteiger partial charge in [-0.05, 0) is 45.9 Å². The fraction of sp³-hybridized carbons (Fsp3) is 0.571. The Morgan fingerprint density at radius 3 is 2.38 bits per heavy atom. The predicted octanol–water partition coefficient (Wildman–Crippen LogP) is 3.15. The van der Waals surface area contributed by atoms with Crippen LogP contribution in [0.25, 0.3) is 0 Å². The zero-order valence-electron chi connectivity index (χ0n) is 10.8. The molecule has 0 unspecified atom stereocenters. The maximum Gasteiger partial charge on any atom is 0.120 e. The number of aryl methyl sites for hydroxylation is 1. The van der Waals surface area contributed by atoms with E-state index in [1.807, 2.05) is 12.1 Å². The standard InChI is InChI=1S/C14H23NO/c1-5-10-15-11-14(3,4)16-13-8-6-12(2)7-9-13/h6-9,15H,5,10-11H2,1-4H3. The van der Waals surface area contributed by atoms with Crippen LogP contribution in [0.5, 0.6) is 5.75 Å². The van der Waals surface area contributed by atoms with Gasteiger partial charge in [0.05, 0.1) is 0 Å². The predicted molar refractivity (Wildman–Crippen MR) is 69.0 cm³/mol. The van der Waals surface area contributed by atoms with Gasteiger partial charge < -0.3 is 10.1 Å². The Kier molecular flexibility index (Phi) is 4.81. The van der Waals surface area contributed by atoms with Crippen molar-refractivity contribution in [3.63, 3.8) is 0 Å². The second-order valence-electron chi connectivity index (χ2n) is 4.85. The molecule has 90 valence electrons. The van der Waals surface area contributed by atoms with Gasteiger partial charge >= 0.3 is 0 Å². The molecule has 0 fully saturated rings. The number of rotatable bonds is 6. The lowest BCUT2D eigenvalue weighted by Gasteiger charge is -2.27. The molecule has 0 aromatic heterocycles. The van der Waals surface area contributed by atoms with E-state index in [2.05, 4.69) is 45.1 Å². The van der Waals surface area contributed by atoms with Gasteiger partial charge in [-0.1, -0.05) is 24.6 Å². The second kappa shape index (κ2) is 5.90. The number of hydrogen-bond acceptors (Lipinski definition) is 2. The van der Waals surface area contributed by atoms with E-state index in [4.69, 9.17) is 4.74 Å². The summed E-state index contributed by atoms with van der Waals surface area (Å²) >= 11 is 0. The first-order valence-electron chi connectivity index (χ1n) is 6.00. The largest absolute Gasteiger partial charge is 0.487 e. The van der Waals surface area contributed by atoms with Crippen molar-refractivity contribution in [1.29, 1.82) is 0 Å². The second-order valence-corrected chi connectivity index (χ2v) is 4.85. The summed E-state index contributed by atoms with van der Waals surface area (Å²) in [5.41, 5.74) is 1.10. The third-order valence-corrected chi connectivity index (χ3v) is 2.39. The minimum absolute atomic E-state index is 0.162. The molecule has 1 rings (SSSR count). The van der Waals surface area contributed by atoms with Crippen LogP contribution in [-0.2, 0) is 0 Å². The molecule has 0 heterocycles. The summed E-state index contributed by atoms with van der Waals surface area (Å²) in [6.45, 7) is 10.4. The van der Waals surface area contributed by atoms with Crippen LogP contribution in [0.2, 0.25) is 0 Å². The van der Waals surface area contributed by atoms with Crippen LogP contribution in [-0.4, -0.2) is 18.7 Å². The smallest absolute Gasteiger partial charge is 0.120 e. The van der Waals surface area contributed by atoms with Gasteiger partial charge in [0.15, 0.2) is 0 Å². The molecule has 0 amide bonds. The van der Waals surface area contributed by atoms with Gasteiger partial charge in [0, 0.05) is 6.54 Å². The third kappa shape index (κ3) is 4.67. The fourth-order valence-electron chi connectivity index (χ4n) is 1.53. The van der Waals surface area contributed by atoms with E-state index in [0.29, 0.717) is 0 Å². The van der Waals surface area contributed by atoms with E-state index in [-0.39, 0.29) is 5.60 Å². The molecule has 1 aromatic rings. The SMILES string of the molecule is CCCNCC(C)(C)Oc1ccc(C)cc1. The van der Waals surface area contributed by atoms with E-state index >= 15 is 0 Å². The topological polar surface area (TPSA) is 21.3 Å². The molecular weight excluding hydrogens is 198 g/mol. The number of ether oxygens (including phenoxy) is 1. The minimum Gasteiger partial charge on any atom is -0.487 e. The summed E-state index contributed by atoms with van der Waals surface area (Å²) in [6.07, 6.45) is 1.15. The minimum atomic E-state index is -0.162. The summed E-state index contributed by atoms with van der Waals surface area (Å²) in [6, 6.07) is 8.20. The van der Waals surface area contributed by atoms with Crippen molar-refractivity contribution in [2.45, 2.75) is 39.7 Å². The molecule has 0 spiro atoms. The maximum absolute atomic E-state index is 5.94. The van der Waals surface area contributed by atoms with Crippen LogP contribution in [0.3, 0.4) is 0 Å². The Bertz CT molecular complexity index is 303.